The molecule has 1 aliphatic rings. The lowest BCUT2D eigenvalue weighted by Crippen LogP contribution is -2.44. The van der Waals surface area contributed by atoms with E-state index in [0.29, 0.717) is 4.47 Å². The highest BCUT2D eigenvalue weighted by Crippen LogP contribution is 2.44. The molecule has 0 unspecified atom stereocenters. The molecule has 8 heteroatoms. The summed E-state index contributed by atoms with van der Waals surface area (Å²) in [6, 6.07) is 19.7. The van der Waals surface area contributed by atoms with Crippen LogP contribution < -0.4 is 10.6 Å². The summed E-state index contributed by atoms with van der Waals surface area (Å²) in [4.78, 5) is 37.1. The molecule has 3 aromatic carbocycles. The van der Waals surface area contributed by atoms with Gasteiger partial charge < -0.3 is 15.2 Å². The molecule has 4 rings (SSSR count). The van der Waals surface area contributed by atoms with E-state index in [1.807, 2.05) is 36.4 Å². The zero-order valence-electron chi connectivity index (χ0n) is 19.2. The van der Waals surface area contributed by atoms with E-state index in [1.165, 1.54) is 6.07 Å². The summed E-state index contributed by atoms with van der Waals surface area (Å²) in [5.41, 5.74) is 4.79. The minimum absolute atomic E-state index is 0.0965. The number of hydrogen-bond donors (Lipinski definition) is 3. The predicted molar refractivity (Wildman–Crippen MR) is 137 cm³/mol. The highest BCUT2D eigenvalue weighted by molar-refractivity contribution is 9.10. The van der Waals surface area contributed by atoms with E-state index in [1.54, 1.807) is 26.0 Å². The molecule has 180 valence electrons. The Balaban J connectivity index is 1.49. The normalized spacial score (nSPS) is 13.0. The first-order valence-corrected chi connectivity index (χ1v) is 12.0. The predicted octanol–water partition coefficient (Wildman–Crippen LogP) is 5.65. The van der Waals surface area contributed by atoms with Crippen LogP contribution in [0.1, 0.15) is 41.3 Å². The van der Waals surface area contributed by atoms with E-state index in [0.717, 1.165) is 22.3 Å². The van der Waals surface area contributed by atoms with Gasteiger partial charge in [0.05, 0.1) is 11.3 Å². The fourth-order valence-electron chi connectivity index (χ4n) is 4.29. The van der Waals surface area contributed by atoms with Crippen LogP contribution in [-0.4, -0.2) is 35.7 Å². The summed E-state index contributed by atoms with van der Waals surface area (Å²) < 4.78 is 6.22. The van der Waals surface area contributed by atoms with Crippen LogP contribution in [0.2, 0.25) is 0 Å². The molecular weight excluding hydrogens is 512 g/mol. The number of carboxylic acids is 1. The zero-order chi connectivity index (χ0) is 25.1. The molecule has 0 radical (unpaired) electrons. The van der Waals surface area contributed by atoms with E-state index in [-0.39, 0.29) is 29.7 Å². The molecule has 0 saturated heterocycles. The third-order valence-corrected chi connectivity index (χ3v) is 6.52. The second-order valence-corrected chi connectivity index (χ2v) is 9.59. The standard InChI is InChI=1S/C27H25BrN2O5/c1-15(2)24(26(32)33)30-25(31)21-12-11-16(28)13-23(21)29-27(34)35-14-22-19-9-5-3-7-17(19)18-8-4-6-10-20(18)22/h3-13,15,22,24H,14H2,1-2H3,(H,29,34)(H,30,31)(H,32,33)/t24-/m0/s1. The van der Waals surface area contributed by atoms with Gasteiger partial charge in [-0.25, -0.2) is 9.59 Å². The summed E-state index contributed by atoms with van der Waals surface area (Å²) in [6.07, 6.45) is -0.711. The maximum absolute atomic E-state index is 12.8. The Kier molecular flexibility index (Phi) is 7.21. The lowest BCUT2D eigenvalue weighted by atomic mass is 9.98. The van der Waals surface area contributed by atoms with Crippen molar-refractivity contribution >= 4 is 39.6 Å². The van der Waals surface area contributed by atoms with Gasteiger partial charge in [0.15, 0.2) is 0 Å². The number of carbonyl (C=O) groups excluding carboxylic acids is 2. The van der Waals surface area contributed by atoms with Gasteiger partial charge in [-0.15, -0.1) is 0 Å². The Hall–Kier alpha value is -3.65. The van der Waals surface area contributed by atoms with Crippen molar-refractivity contribution in [3.05, 3.63) is 87.9 Å². The van der Waals surface area contributed by atoms with Crippen molar-refractivity contribution in [3.8, 4) is 11.1 Å². The molecule has 35 heavy (non-hydrogen) atoms. The fourth-order valence-corrected chi connectivity index (χ4v) is 4.66. The smallest absolute Gasteiger partial charge is 0.411 e. The van der Waals surface area contributed by atoms with Gasteiger partial charge in [-0.1, -0.05) is 78.3 Å². The van der Waals surface area contributed by atoms with Crippen LogP contribution in [-0.2, 0) is 9.53 Å². The molecule has 2 amide bonds. The second-order valence-electron chi connectivity index (χ2n) is 8.67. The third-order valence-electron chi connectivity index (χ3n) is 6.03. The molecule has 0 fully saturated rings. The molecule has 0 saturated carbocycles. The molecule has 1 aliphatic carbocycles. The van der Waals surface area contributed by atoms with Crippen LogP contribution >= 0.6 is 15.9 Å². The molecule has 0 spiro atoms. The first-order valence-electron chi connectivity index (χ1n) is 11.2. The monoisotopic (exact) mass is 536 g/mol. The van der Waals surface area contributed by atoms with Gasteiger partial charge >= 0.3 is 12.1 Å². The first-order chi connectivity index (χ1) is 16.8. The SMILES string of the molecule is CC(C)[C@H](NC(=O)c1ccc(Br)cc1NC(=O)OCC1c2ccccc2-c2ccccc21)C(=O)O. The molecule has 0 bridgehead atoms. The molecule has 0 aliphatic heterocycles. The van der Waals surface area contributed by atoms with E-state index in [9.17, 15) is 19.5 Å². The second kappa shape index (κ2) is 10.3. The number of amides is 2. The Bertz CT molecular complexity index is 1240. The number of rotatable bonds is 7. The third kappa shape index (κ3) is 5.22. The highest BCUT2D eigenvalue weighted by atomic mass is 79.9. The number of hydrogen-bond acceptors (Lipinski definition) is 4. The van der Waals surface area contributed by atoms with Crippen LogP contribution in [0.3, 0.4) is 0 Å². The summed E-state index contributed by atoms with van der Waals surface area (Å²) in [6.45, 7) is 3.54. The summed E-state index contributed by atoms with van der Waals surface area (Å²) in [7, 11) is 0. The molecule has 3 aromatic rings. The molecule has 3 N–H and O–H groups in total. The first kappa shape index (κ1) is 24.5. The Morgan fingerprint density at radius 1 is 0.971 bits per heavy atom. The number of carboxylic acid groups (broad SMARTS) is 1. The number of fused-ring (bicyclic) bond motifs is 3. The molecule has 1 atom stereocenters. The van der Waals surface area contributed by atoms with Crippen molar-refractivity contribution in [3.63, 3.8) is 0 Å². The highest BCUT2D eigenvalue weighted by Gasteiger charge is 2.29. The largest absolute Gasteiger partial charge is 0.480 e. The number of nitrogens with one attached hydrogen (secondary N) is 2. The van der Waals surface area contributed by atoms with E-state index in [4.69, 9.17) is 4.74 Å². The molecule has 0 heterocycles. The number of carbonyl (C=O) groups is 3. The van der Waals surface area contributed by atoms with E-state index >= 15 is 0 Å². The number of benzene rings is 3. The van der Waals surface area contributed by atoms with Crippen molar-refractivity contribution in [2.45, 2.75) is 25.8 Å². The minimum Gasteiger partial charge on any atom is -0.480 e. The van der Waals surface area contributed by atoms with Gasteiger partial charge in [0.2, 0.25) is 0 Å². The summed E-state index contributed by atoms with van der Waals surface area (Å²) in [5, 5.41) is 14.6. The average Bonchev–Trinajstić information content (AvgIpc) is 3.14. The van der Waals surface area contributed by atoms with Gasteiger partial charge in [-0.05, 0) is 46.4 Å². The maximum atomic E-state index is 12.8. The van der Waals surface area contributed by atoms with Gasteiger partial charge in [-0.3, -0.25) is 10.1 Å². The van der Waals surface area contributed by atoms with Crippen LogP contribution in [0.5, 0.6) is 0 Å². The van der Waals surface area contributed by atoms with Gasteiger partial charge in [0.1, 0.15) is 12.6 Å². The van der Waals surface area contributed by atoms with E-state index < -0.39 is 24.0 Å². The summed E-state index contributed by atoms with van der Waals surface area (Å²) >= 11 is 3.34. The number of aliphatic carboxylic acids is 1. The van der Waals surface area contributed by atoms with Crippen molar-refractivity contribution < 1.29 is 24.2 Å². The van der Waals surface area contributed by atoms with Crippen LogP contribution in [0.15, 0.2) is 71.2 Å². The zero-order valence-corrected chi connectivity index (χ0v) is 20.8. The molecule has 0 aromatic heterocycles. The van der Waals surface area contributed by atoms with Crippen molar-refractivity contribution in [2.24, 2.45) is 5.92 Å². The molecule has 7 nitrogen and oxygen atoms in total. The maximum Gasteiger partial charge on any atom is 0.411 e. The lowest BCUT2D eigenvalue weighted by molar-refractivity contribution is -0.140. The van der Waals surface area contributed by atoms with Crippen molar-refractivity contribution in [2.75, 3.05) is 11.9 Å². The van der Waals surface area contributed by atoms with E-state index in [2.05, 4.69) is 38.7 Å². The lowest BCUT2D eigenvalue weighted by Gasteiger charge is -2.19. The number of ether oxygens (including phenoxy) is 1. The van der Waals surface area contributed by atoms with Crippen molar-refractivity contribution in [1.29, 1.82) is 0 Å². The van der Waals surface area contributed by atoms with Crippen LogP contribution in [0.25, 0.3) is 11.1 Å². The molecular formula is C27H25BrN2O5. The van der Waals surface area contributed by atoms with Crippen LogP contribution in [0, 0.1) is 5.92 Å². The van der Waals surface area contributed by atoms with Crippen LogP contribution in [0.4, 0.5) is 10.5 Å². The average molecular weight is 537 g/mol. The van der Waals surface area contributed by atoms with Crippen molar-refractivity contribution in [1.82, 2.24) is 5.32 Å². The fraction of sp³-hybridized carbons (Fsp3) is 0.222. The topological polar surface area (TPSA) is 105 Å². The minimum atomic E-state index is -1.13. The number of halogens is 1. The van der Waals surface area contributed by atoms with Gasteiger partial charge in [-0.2, -0.15) is 0 Å². The van der Waals surface area contributed by atoms with Gasteiger partial charge in [0.25, 0.3) is 5.91 Å². The Labute approximate surface area is 211 Å². The quantitative estimate of drug-likeness (QED) is 0.362. The summed E-state index contributed by atoms with van der Waals surface area (Å²) in [5.74, 6) is -2.14. The Morgan fingerprint density at radius 3 is 2.14 bits per heavy atom. The number of anilines is 1. The Morgan fingerprint density at radius 2 is 1.57 bits per heavy atom. The van der Waals surface area contributed by atoms with Gasteiger partial charge in [0, 0.05) is 10.4 Å².